The number of nitrogens with two attached hydrogens (primary N) is 1. The van der Waals surface area contributed by atoms with Gasteiger partial charge in [-0.15, -0.1) is 11.3 Å². The zero-order valence-electron chi connectivity index (χ0n) is 11.0. The molecule has 1 aliphatic rings. The maximum absolute atomic E-state index is 6.54. The van der Waals surface area contributed by atoms with Crippen LogP contribution in [0.3, 0.4) is 0 Å². The molecule has 1 fully saturated rings. The Hall–Kier alpha value is -0.420. The molecule has 1 heterocycles. The van der Waals surface area contributed by atoms with Crippen LogP contribution in [0.2, 0.25) is 5.02 Å². The summed E-state index contributed by atoms with van der Waals surface area (Å²) in [4.78, 5) is 4.76. The second kappa shape index (κ2) is 5.76. The fourth-order valence-corrected chi connectivity index (χ4v) is 4.48. The molecule has 0 radical (unpaired) electrons. The number of rotatable bonds is 2. The highest BCUT2D eigenvalue weighted by atomic mass is 79.9. The molecule has 3 rings (SSSR count). The van der Waals surface area contributed by atoms with Crippen LogP contribution in [-0.2, 0) is 5.54 Å². The topological polar surface area (TPSA) is 38.9 Å². The molecule has 0 aliphatic heterocycles. The first-order valence-electron chi connectivity index (χ1n) is 6.79. The zero-order valence-corrected chi connectivity index (χ0v) is 14.2. The lowest BCUT2D eigenvalue weighted by atomic mass is 9.83. The third-order valence-electron chi connectivity index (χ3n) is 3.88. The minimum Gasteiger partial charge on any atom is -0.319 e. The van der Waals surface area contributed by atoms with Crippen molar-refractivity contribution in [2.24, 2.45) is 5.73 Å². The lowest BCUT2D eigenvalue weighted by Gasteiger charge is -2.31. The number of aromatic nitrogens is 1. The molecule has 20 heavy (non-hydrogen) atoms. The third kappa shape index (κ3) is 2.80. The molecule has 0 atom stereocenters. The Kier molecular flexibility index (Phi) is 4.18. The summed E-state index contributed by atoms with van der Waals surface area (Å²) in [6.07, 6.45) is 5.76. The first-order chi connectivity index (χ1) is 9.58. The van der Waals surface area contributed by atoms with Gasteiger partial charge in [0.15, 0.2) is 0 Å². The van der Waals surface area contributed by atoms with Gasteiger partial charge in [-0.25, -0.2) is 4.98 Å². The maximum Gasteiger partial charge on any atom is 0.113 e. The lowest BCUT2D eigenvalue weighted by Crippen LogP contribution is -2.38. The molecule has 0 spiro atoms. The van der Waals surface area contributed by atoms with Crippen LogP contribution in [0.25, 0.3) is 11.3 Å². The van der Waals surface area contributed by atoms with Gasteiger partial charge < -0.3 is 5.73 Å². The van der Waals surface area contributed by atoms with Crippen molar-refractivity contribution in [3.63, 3.8) is 0 Å². The van der Waals surface area contributed by atoms with Gasteiger partial charge in [0.2, 0.25) is 0 Å². The van der Waals surface area contributed by atoms with E-state index in [1.54, 1.807) is 11.3 Å². The van der Waals surface area contributed by atoms with E-state index in [-0.39, 0.29) is 5.54 Å². The van der Waals surface area contributed by atoms with E-state index in [2.05, 4.69) is 21.3 Å². The van der Waals surface area contributed by atoms with Crippen molar-refractivity contribution in [1.29, 1.82) is 0 Å². The second-order valence-electron chi connectivity index (χ2n) is 5.38. The van der Waals surface area contributed by atoms with Gasteiger partial charge in [0, 0.05) is 15.4 Å². The van der Waals surface area contributed by atoms with E-state index in [0.29, 0.717) is 5.02 Å². The Morgan fingerprint density at radius 3 is 2.70 bits per heavy atom. The number of hydrogen-bond acceptors (Lipinski definition) is 3. The predicted molar refractivity (Wildman–Crippen MR) is 89.2 cm³/mol. The van der Waals surface area contributed by atoms with Gasteiger partial charge >= 0.3 is 0 Å². The van der Waals surface area contributed by atoms with Crippen molar-refractivity contribution in [2.45, 2.75) is 37.6 Å². The van der Waals surface area contributed by atoms with Crippen molar-refractivity contribution in [3.05, 3.63) is 38.1 Å². The van der Waals surface area contributed by atoms with E-state index in [0.717, 1.165) is 33.6 Å². The molecule has 0 unspecified atom stereocenters. The average Bonchev–Trinajstić information content (AvgIpc) is 2.90. The average molecular weight is 372 g/mol. The number of nitrogens with zero attached hydrogens (tertiary/aromatic N) is 1. The van der Waals surface area contributed by atoms with Crippen LogP contribution in [0.15, 0.2) is 28.1 Å². The molecule has 0 saturated heterocycles. The fraction of sp³-hybridized carbons (Fsp3) is 0.400. The molecule has 106 valence electrons. The number of hydrogen-bond donors (Lipinski definition) is 1. The summed E-state index contributed by atoms with van der Waals surface area (Å²) in [5.74, 6) is 0. The van der Waals surface area contributed by atoms with Gasteiger partial charge in [0.25, 0.3) is 0 Å². The molecule has 1 aromatic heterocycles. The maximum atomic E-state index is 6.54. The first-order valence-corrected chi connectivity index (χ1v) is 8.84. The summed E-state index contributed by atoms with van der Waals surface area (Å²) in [5.41, 5.74) is 8.21. The van der Waals surface area contributed by atoms with E-state index in [9.17, 15) is 0 Å². The van der Waals surface area contributed by atoms with Crippen molar-refractivity contribution < 1.29 is 0 Å². The van der Waals surface area contributed by atoms with Crippen LogP contribution < -0.4 is 5.73 Å². The fourth-order valence-electron chi connectivity index (χ4n) is 2.72. The van der Waals surface area contributed by atoms with Crippen molar-refractivity contribution >= 4 is 38.9 Å². The van der Waals surface area contributed by atoms with Gasteiger partial charge in [0.05, 0.1) is 16.3 Å². The summed E-state index contributed by atoms with van der Waals surface area (Å²) in [6, 6.07) is 5.88. The monoisotopic (exact) mass is 370 g/mol. The minimum atomic E-state index is -0.233. The molecule has 2 N–H and O–H groups in total. The van der Waals surface area contributed by atoms with Gasteiger partial charge in [-0.1, -0.05) is 52.9 Å². The molecule has 2 aromatic rings. The summed E-state index contributed by atoms with van der Waals surface area (Å²) < 4.78 is 0.976. The van der Waals surface area contributed by atoms with Crippen LogP contribution in [0.5, 0.6) is 0 Å². The molecular weight excluding hydrogens is 356 g/mol. The molecule has 5 heteroatoms. The summed E-state index contributed by atoms with van der Waals surface area (Å²) >= 11 is 11.4. The van der Waals surface area contributed by atoms with Crippen LogP contribution >= 0.6 is 38.9 Å². The largest absolute Gasteiger partial charge is 0.319 e. The molecule has 1 saturated carbocycles. The van der Waals surface area contributed by atoms with Gasteiger partial charge in [-0.05, 0) is 25.0 Å². The van der Waals surface area contributed by atoms with Crippen LogP contribution in [0.1, 0.15) is 37.1 Å². The molecule has 0 amide bonds. The first kappa shape index (κ1) is 14.5. The lowest BCUT2D eigenvalue weighted by molar-refractivity contribution is 0.301. The summed E-state index contributed by atoms with van der Waals surface area (Å²) in [7, 11) is 0. The Morgan fingerprint density at radius 1 is 1.25 bits per heavy atom. The van der Waals surface area contributed by atoms with Crippen molar-refractivity contribution in [2.75, 3.05) is 0 Å². The minimum absolute atomic E-state index is 0.233. The number of halogens is 2. The van der Waals surface area contributed by atoms with E-state index in [4.69, 9.17) is 22.3 Å². The zero-order chi connectivity index (χ0) is 14.2. The highest BCUT2D eigenvalue weighted by Crippen LogP contribution is 2.39. The van der Waals surface area contributed by atoms with Crippen molar-refractivity contribution in [3.8, 4) is 11.3 Å². The summed E-state index contributed by atoms with van der Waals surface area (Å²) in [6.45, 7) is 0. The van der Waals surface area contributed by atoms with Crippen LogP contribution in [0.4, 0.5) is 0 Å². The van der Waals surface area contributed by atoms with Crippen LogP contribution in [-0.4, -0.2) is 4.98 Å². The quantitative estimate of drug-likeness (QED) is 0.773. The predicted octanol–water partition coefficient (Wildman–Crippen LogP) is 5.34. The van der Waals surface area contributed by atoms with E-state index in [1.165, 1.54) is 19.3 Å². The highest BCUT2D eigenvalue weighted by molar-refractivity contribution is 9.10. The van der Waals surface area contributed by atoms with Gasteiger partial charge in [0.1, 0.15) is 5.01 Å². The molecule has 1 aliphatic carbocycles. The van der Waals surface area contributed by atoms with Gasteiger partial charge in [-0.2, -0.15) is 0 Å². The van der Waals surface area contributed by atoms with Gasteiger partial charge in [-0.3, -0.25) is 0 Å². The molecule has 1 aromatic carbocycles. The second-order valence-corrected chi connectivity index (χ2v) is 7.56. The number of benzene rings is 1. The summed E-state index contributed by atoms with van der Waals surface area (Å²) in [5, 5.41) is 3.82. The Bertz CT molecular complexity index is 620. The highest BCUT2D eigenvalue weighted by Gasteiger charge is 2.32. The standard InChI is InChI=1S/C15H16BrClN2S/c16-10-4-5-11(12(17)8-10)13-9-20-14(19-13)15(18)6-2-1-3-7-15/h4-5,8-9H,1-3,6-7,18H2. The van der Waals surface area contributed by atoms with E-state index < -0.39 is 0 Å². The Labute approximate surface area is 136 Å². The molecule has 0 bridgehead atoms. The number of thiazole rings is 1. The SMILES string of the molecule is NC1(c2nc(-c3ccc(Br)cc3Cl)cs2)CCCCC1. The van der Waals surface area contributed by atoms with Crippen molar-refractivity contribution in [1.82, 2.24) is 4.98 Å². The van der Waals surface area contributed by atoms with E-state index in [1.807, 2.05) is 18.2 Å². The van der Waals surface area contributed by atoms with E-state index >= 15 is 0 Å². The Balaban J connectivity index is 1.93. The smallest absolute Gasteiger partial charge is 0.113 e. The normalized spacial score (nSPS) is 18.1. The molecule has 2 nitrogen and oxygen atoms in total. The Morgan fingerprint density at radius 2 is 2.00 bits per heavy atom. The molecular formula is C15H16BrClN2S. The van der Waals surface area contributed by atoms with Crippen LogP contribution in [0, 0.1) is 0 Å². The third-order valence-corrected chi connectivity index (χ3v) is 5.75.